The summed E-state index contributed by atoms with van der Waals surface area (Å²) in [6.07, 6.45) is 12.9. The molecular formula is C16H24N2. The number of hydrogen-bond acceptors (Lipinski definition) is 2. The molecule has 1 unspecified atom stereocenters. The molecule has 0 amide bonds. The fraction of sp³-hybridized carbons (Fsp3) is 0.688. The van der Waals surface area contributed by atoms with Crippen LogP contribution in [0.4, 0.5) is 0 Å². The van der Waals surface area contributed by atoms with Crippen LogP contribution in [0.25, 0.3) is 0 Å². The first kappa shape index (κ1) is 12.2. The van der Waals surface area contributed by atoms with Crippen molar-refractivity contribution in [2.75, 3.05) is 6.54 Å². The number of aryl methyl sites for hydroxylation is 1. The van der Waals surface area contributed by atoms with Crippen molar-refractivity contribution >= 4 is 0 Å². The van der Waals surface area contributed by atoms with Gasteiger partial charge in [0.2, 0.25) is 0 Å². The highest BCUT2D eigenvalue weighted by atomic mass is 14.9. The van der Waals surface area contributed by atoms with Crippen LogP contribution >= 0.6 is 0 Å². The smallest absolute Gasteiger partial charge is 0.0605 e. The Balaban J connectivity index is 1.54. The van der Waals surface area contributed by atoms with Gasteiger partial charge in [0.1, 0.15) is 0 Å². The Kier molecular flexibility index (Phi) is 3.94. The maximum absolute atomic E-state index is 4.59. The highest BCUT2D eigenvalue weighted by Gasteiger charge is 2.21. The minimum atomic E-state index is 0.511. The van der Waals surface area contributed by atoms with E-state index in [1.807, 2.05) is 6.20 Å². The molecule has 1 heterocycles. The third kappa shape index (κ3) is 2.74. The van der Waals surface area contributed by atoms with E-state index in [1.165, 1.54) is 69.2 Å². The zero-order valence-corrected chi connectivity index (χ0v) is 11.2. The van der Waals surface area contributed by atoms with E-state index >= 15 is 0 Å². The molecule has 0 bridgehead atoms. The molecule has 1 atom stereocenters. The van der Waals surface area contributed by atoms with E-state index in [1.54, 1.807) is 0 Å². The van der Waals surface area contributed by atoms with Crippen molar-refractivity contribution in [1.82, 2.24) is 10.3 Å². The fourth-order valence-corrected chi connectivity index (χ4v) is 3.57. The highest BCUT2D eigenvalue weighted by molar-refractivity contribution is 5.25. The molecule has 1 N–H and O–H groups in total. The minimum absolute atomic E-state index is 0.511. The summed E-state index contributed by atoms with van der Waals surface area (Å²) in [5.74, 6) is 0.990. The van der Waals surface area contributed by atoms with Crippen molar-refractivity contribution < 1.29 is 0 Å². The maximum Gasteiger partial charge on any atom is 0.0605 e. The molecular weight excluding hydrogens is 220 g/mol. The summed E-state index contributed by atoms with van der Waals surface area (Å²) < 4.78 is 0. The Labute approximate surface area is 110 Å². The van der Waals surface area contributed by atoms with Crippen LogP contribution in [0.1, 0.15) is 62.2 Å². The van der Waals surface area contributed by atoms with Crippen molar-refractivity contribution in [3.63, 3.8) is 0 Å². The molecule has 1 aromatic rings. The summed E-state index contributed by atoms with van der Waals surface area (Å²) in [6, 6.07) is 4.82. The molecule has 0 spiro atoms. The van der Waals surface area contributed by atoms with E-state index in [2.05, 4.69) is 22.4 Å². The molecule has 2 nitrogen and oxygen atoms in total. The Morgan fingerprint density at radius 3 is 2.94 bits per heavy atom. The molecule has 1 fully saturated rings. The van der Waals surface area contributed by atoms with Crippen LogP contribution in [0.5, 0.6) is 0 Å². The summed E-state index contributed by atoms with van der Waals surface area (Å²) in [5.41, 5.74) is 2.78. The zero-order valence-electron chi connectivity index (χ0n) is 11.2. The fourth-order valence-electron chi connectivity index (χ4n) is 3.57. The lowest BCUT2D eigenvalue weighted by Crippen LogP contribution is -2.27. The van der Waals surface area contributed by atoms with E-state index in [9.17, 15) is 0 Å². The van der Waals surface area contributed by atoms with Crippen LogP contribution in [-0.4, -0.2) is 11.5 Å². The van der Waals surface area contributed by atoms with E-state index in [4.69, 9.17) is 0 Å². The van der Waals surface area contributed by atoms with Crippen LogP contribution in [0.2, 0.25) is 0 Å². The van der Waals surface area contributed by atoms with Gasteiger partial charge in [-0.05, 0) is 49.8 Å². The molecule has 2 aliphatic rings. The van der Waals surface area contributed by atoms with Gasteiger partial charge in [-0.25, -0.2) is 0 Å². The van der Waals surface area contributed by atoms with Gasteiger partial charge in [-0.1, -0.05) is 31.7 Å². The first-order valence-electron chi connectivity index (χ1n) is 7.60. The number of hydrogen-bond donors (Lipinski definition) is 1. The SMILES string of the molecule is c1cnc2c(c1)CCCC2NCCC1CCCC1. The highest BCUT2D eigenvalue weighted by Crippen LogP contribution is 2.29. The summed E-state index contributed by atoms with van der Waals surface area (Å²) in [4.78, 5) is 4.59. The van der Waals surface area contributed by atoms with E-state index < -0.39 is 0 Å². The van der Waals surface area contributed by atoms with Gasteiger partial charge < -0.3 is 5.32 Å². The van der Waals surface area contributed by atoms with Gasteiger partial charge in [0.25, 0.3) is 0 Å². The summed E-state index contributed by atoms with van der Waals surface area (Å²) in [5, 5.41) is 3.74. The lowest BCUT2D eigenvalue weighted by Gasteiger charge is -2.25. The summed E-state index contributed by atoms with van der Waals surface area (Å²) >= 11 is 0. The molecule has 2 aliphatic carbocycles. The van der Waals surface area contributed by atoms with Gasteiger partial charge in [-0.2, -0.15) is 0 Å². The van der Waals surface area contributed by atoms with Gasteiger partial charge in [0.15, 0.2) is 0 Å². The van der Waals surface area contributed by atoms with Gasteiger partial charge in [-0.15, -0.1) is 0 Å². The number of fused-ring (bicyclic) bond motifs is 1. The second kappa shape index (κ2) is 5.83. The van der Waals surface area contributed by atoms with E-state index in [0.29, 0.717) is 6.04 Å². The topological polar surface area (TPSA) is 24.9 Å². The monoisotopic (exact) mass is 244 g/mol. The number of rotatable bonds is 4. The predicted molar refractivity (Wildman–Crippen MR) is 74.5 cm³/mol. The van der Waals surface area contributed by atoms with Crippen molar-refractivity contribution in [2.24, 2.45) is 5.92 Å². The molecule has 0 aliphatic heterocycles. The van der Waals surface area contributed by atoms with Crippen LogP contribution in [0.15, 0.2) is 18.3 Å². The normalized spacial score (nSPS) is 24.1. The van der Waals surface area contributed by atoms with Crippen molar-refractivity contribution in [2.45, 2.75) is 57.4 Å². The quantitative estimate of drug-likeness (QED) is 0.875. The largest absolute Gasteiger partial charge is 0.309 e. The Bertz CT molecular complexity index is 382. The van der Waals surface area contributed by atoms with Gasteiger partial charge in [0.05, 0.1) is 5.69 Å². The first-order chi connectivity index (χ1) is 8.93. The Hall–Kier alpha value is -0.890. The number of aromatic nitrogens is 1. The van der Waals surface area contributed by atoms with Crippen molar-refractivity contribution in [1.29, 1.82) is 0 Å². The molecule has 0 saturated heterocycles. The second-order valence-electron chi connectivity index (χ2n) is 5.89. The minimum Gasteiger partial charge on any atom is -0.309 e. The Morgan fingerprint density at radius 2 is 2.06 bits per heavy atom. The van der Waals surface area contributed by atoms with Crippen LogP contribution in [0, 0.1) is 5.92 Å². The number of nitrogens with zero attached hydrogens (tertiary/aromatic N) is 1. The standard InChI is InChI=1S/C16H24N2/c1-2-6-13(5-1)10-12-17-15-9-3-7-14-8-4-11-18-16(14)15/h4,8,11,13,15,17H,1-3,5-7,9-10,12H2. The zero-order chi connectivity index (χ0) is 12.2. The third-order valence-corrected chi connectivity index (χ3v) is 4.61. The number of pyridine rings is 1. The molecule has 2 heteroatoms. The molecule has 1 aromatic heterocycles. The first-order valence-corrected chi connectivity index (χ1v) is 7.60. The second-order valence-corrected chi connectivity index (χ2v) is 5.89. The molecule has 0 aromatic carbocycles. The van der Waals surface area contributed by atoms with Crippen LogP contribution in [0.3, 0.4) is 0 Å². The maximum atomic E-state index is 4.59. The molecule has 18 heavy (non-hydrogen) atoms. The van der Waals surface area contributed by atoms with Crippen LogP contribution in [-0.2, 0) is 6.42 Å². The molecule has 98 valence electrons. The molecule has 0 radical (unpaired) electrons. The van der Waals surface area contributed by atoms with E-state index in [-0.39, 0.29) is 0 Å². The average molecular weight is 244 g/mol. The van der Waals surface area contributed by atoms with Crippen molar-refractivity contribution in [3.8, 4) is 0 Å². The Morgan fingerprint density at radius 1 is 1.17 bits per heavy atom. The lowest BCUT2D eigenvalue weighted by atomic mass is 9.91. The predicted octanol–water partition coefficient (Wildman–Crippen LogP) is 3.63. The average Bonchev–Trinajstić information content (AvgIpc) is 2.92. The summed E-state index contributed by atoms with van der Waals surface area (Å²) in [7, 11) is 0. The van der Waals surface area contributed by atoms with Gasteiger partial charge in [0, 0.05) is 12.2 Å². The van der Waals surface area contributed by atoms with Crippen LogP contribution < -0.4 is 5.32 Å². The number of nitrogens with one attached hydrogen (secondary N) is 1. The third-order valence-electron chi connectivity index (χ3n) is 4.61. The van der Waals surface area contributed by atoms with E-state index in [0.717, 1.165) is 5.92 Å². The van der Waals surface area contributed by atoms with Gasteiger partial charge >= 0.3 is 0 Å². The van der Waals surface area contributed by atoms with Gasteiger partial charge in [-0.3, -0.25) is 4.98 Å². The molecule has 1 saturated carbocycles. The summed E-state index contributed by atoms with van der Waals surface area (Å²) in [6.45, 7) is 1.17. The lowest BCUT2D eigenvalue weighted by molar-refractivity contribution is 0.408. The van der Waals surface area contributed by atoms with Crippen molar-refractivity contribution in [3.05, 3.63) is 29.6 Å². The molecule has 3 rings (SSSR count).